The van der Waals surface area contributed by atoms with Crippen molar-refractivity contribution < 1.29 is 22.7 Å². The van der Waals surface area contributed by atoms with Gasteiger partial charge in [-0.1, -0.05) is 66.8 Å². The molecule has 1 saturated carbocycles. The van der Waals surface area contributed by atoms with E-state index >= 15 is 0 Å². The van der Waals surface area contributed by atoms with Gasteiger partial charge in [-0.2, -0.15) is 0 Å². The topological polar surface area (TPSA) is 96.0 Å². The predicted octanol–water partition coefficient (Wildman–Crippen LogP) is 6.03. The summed E-state index contributed by atoms with van der Waals surface area (Å²) < 4.78 is 34.9. The van der Waals surface area contributed by atoms with Gasteiger partial charge >= 0.3 is 0 Å². The number of amides is 2. The van der Waals surface area contributed by atoms with Crippen LogP contribution in [0.4, 0.5) is 5.69 Å². The number of aryl methyl sites for hydroxylation is 2. The van der Waals surface area contributed by atoms with Crippen molar-refractivity contribution in [2.45, 2.75) is 76.4 Å². The zero-order chi connectivity index (χ0) is 31.1. The van der Waals surface area contributed by atoms with Crippen LogP contribution < -0.4 is 14.4 Å². The van der Waals surface area contributed by atoms with E-state index in [1.807, 2.05) is 19.9 Å². The van der Waals surface area contributed by atoms with E-state index < -0.39 is 28.5 Å². The summed E-state index contributed by atoms with van der Waals surface area (Å²) >= 11 is 6.10. The maximum Gasteiger partial charge on any atom is 0.264 e. The molecule has 1 atom stereocenters. The number of nitrogens with zero attached hydrogens (tertiary/aromatic N) is 2. The van der Waals surface area contributed by atoms with Crippen molar-refractivity contribution in [2.75, 3.05) is 18.0 Å². The molecule has 0 bridgehead atoms. The van der Waals surface area contributed by atoms with Gasteiger partial charge < -0.3 is 15.0 Å². The van der Waals surface area contributed by atoms with E-state index in [-0.39, 0.29) is 29.1 Å². The molecule has 3 aromatic carbocycles. The SMILES string of the molecule is COc1ccc(C)cc1N(CC(=O)N(Cc1ccc(Cl)cc1)C(C)C(=O)NC1CCCCC1)S(=O)(=O)c1ccc(C)cc1. The van der Waals surface area contributed by atoms with E-state index in [9.17, 15) is 18.0 Å². The average molecular weight is 626 g/mol. The first-order valence-corrected chi connectivity index (χ1v) is 16.4. The Labute approximate surface area is 260 Å². The number of carbonyl (C=O) groups is 2. The Hall–Kier alpha value is -3.56. The van der Waals surface area contributed by atoms with E-state index in [4.69, 9.17) is 16.3 Å². The third-order valence-corrected chi connectivity index (χ3v) is 9.90. The van der Waals surface area contributed by atoms with Crippen LogP contribution in [-0.4, -0.2) is 50.9 Å². The maximum atomic E-state index is 14.2. The zero-order valence-electron chi connectivity index (χ0n) is 25.2. The molecule has 0 saturated heterocycles. The molecular weight excluding hydrogens is 586 g/mol. The van der Waals surface area contributed by atoms with Crippen LogP contribution in [0.25, 0.3) is 0 Å². The number of sulfonamides is 1. The van der Waals surface area contributed by atoms with Gasteiger partial charge in [-0.3, -0.25) is 13.9 Å². The fourth-order valence-electron chi connectivity index (χ4n) is 5.28. The number of ether oxygens (including phenoxy) is 1. The summed E-state index contributed by atoms with van der Waals surface area (Å²) in [5, 5.41) is 3.66. The standard InChI is InChI=1S/C33H40ClN3O5S/c1-23-10-17-29(18-11-23)43(40,41)37(30-20-24(2)12-19-31(30)42-4)22-32(38)36(21-26-13-15-27(34)16-14-26)25(3)33(39)35-28-8-6-5-7-9-28/h10-20,25,28H,5-9,21-22H2,1-4H3,(H,35,39). The summed E-state index contributed by atoms with van der Waals surface area (Å²) in [6.45, 7) is 4.95. The largest absolute Gasteiger partial charge is 0.495 e. The Balaban J connectivity index is 1.72. The van der Waals surface area contributed by atoms with Crippen molar-refractivity contribution in [1.82, 2.24) is 10.2 Å². The molecule has 1 aliphatic rings. The lowest BCUT2D eigenvalue weighted by Crippen LogP contribution is -2.53. The Kier molecular flexibility index (Phi) is 10.7. The van der Waals surface area contributed by atoms with Crippen molar-refractivity contribution in [3.63, 3.8) is 0 Å². The van der Waals surface area contributed by atoms with Gasteiger partial charge in [0.05, 0.1) is 17.7 Å². The Morgan fingerprint density at radius 1 is 0.953 bits per heavy atom. The van der Waals surface area contributed by atoms with Gasteiger partial charge in [-0.25, -0.2) is 8.42 Å². The summed E-state index contributed by atoms with van der Waals surface area (Å²) in [7, 11) is -2.75. The normalized spacial score (nSPS) is 14.5. The number of carbonyl (C=O) groups excluding carboxylic acids is 2. The Morgan fingerprint density at radius 2 is 1.58 bits per heavy atom. The summed E-state index contributed by atoms with van der Waals surface area (Å²) in [4.78, 5) is 29.2. The molecule has 0 aliphatic heterocycles. The van der Waals surface area contributed by atoms with Crippen LogP contribution in [0.1, 0.15) is 55.7 Å². The molecule has 3 aromatic rings. The predicted molar refractivity (Wildman–Crippen MR) is 170 cm³/mol. The molecule has 1 aliphatic carbocycles. The summed E-state index contributed by atoms with van der Waals surface area (Å²) in [6.07, 6.45) is 5.06. The molecule has 1 unspecified atom stereocenters. The second kappa shape index (κ2) is 14.3. The van der Waals surface area contributed by atoms with Gasteiger partial charge in [0, 0.05) is 17.6 Å². The minimum Gasteiger partial charge on any atom is -0.495 e. The first-order valence-electron chi connectivity index (χ1n) is 14.6. The molecule has 1 fully saturated rings. The second-order valence-corrected chi connectivity index (χ2v) is 13.5. The van der Waals surface area contributed by atoms with Crippen LogP contribution >= 0.6 is 11.6 Å². The molecule has 0 aromatic heterocycles. The van der Waals surface area contributed by atoms with E-state index in [1.54, 1.807) is 55.5 Å². The van der Waals surface area contributed by atoms with Gasteiger partial charge in [0.2, 0.25) is 11.8 Å². The number of rotatable bonds is 11. The van der Waals surface area contributed by atoms with Crippen LogP contribution in [-0.2, 0) is 26.2 Å². The summed E-state index contributed by atoms with van der Waals surface area (Å²) in [5.41, 5.74) is 2.70. The van der Waals surface area contributed by atoms with E-state index in [0.29, 0.717) is 10.8 Å². The lowest BCUT2D eigenvalue weighted by molar-refractivity contribution is -0.139. The van der Waals surface area contributed by atoms with Crippen molar-refractivity contribution in [2.24, 2.45) is 0 Å². The van der Waals surface area contributed by atoms with E-state index in [2.05, 4.69) is 5.32 Å². The van der Waals surface area contributed by atoms with Gasteiger partial charge in [-0.05, 0) is 81.1 Å². The zero-order valence-corrected chi connectivity index (χ0v) is 26.7. The lowest BCUT2D eigenvalue weighted by atomic mass is 9.95. The first-order chi connectivity index (χ1) is 20.5. The van der Waals surface area contributed by atoms with Crippen molar-refractivity contribution >= 4 is 39.1 Å². The third kappa shape index (κ3) is 8.09. The van der Waals surface area contributed by atoms with E-state index in [1.165, 1.54) is 24.1 Å². The third-order valence-electron chi connectivity index (χ3n) is 7.88. The van der Waals surface area contributed by atoms with Crippen LogP contribution in [0, 0.1) is 13.8 Å². The highest BCUT2D eigenvalue weighted by molar-refractivity contribution is 7.92. The maximum absolute atomic E-state index is 14.2. The smallest absolute Gasteiger partial charge is 0.264 e. The second-order valence-electron chi connectivity index (χ2n) is 11.2. The van der Waals surface area contributed by atoms with E-state index in [0.717, 1.165) is 53.1 Å². The highest BCUT2D eigenvalue weighted by Crippen LogP contribution is 2.34. The molecular formula is C33H40ClN3O5S. The van der Waals surface area contributed by atoms with Crippen LogP contribution in [0.5, 0.6) is 5.75 Å². The van der Waals surface area contributed by atoms with Crippen LogP contribution in [0.15, 0.2) is 71.6 Å². The Bertz CT molecular complexity index is 1520. The van der Waals surface area contributed by atoms with Gasteiger partial charge in [0.1, 0.15) is 18.3 Å². The lowest BCUT2D eigenvalue weighted by Gasteiger charge is -2.33. The molecule has 43 heavy (non-hydrogen) atoms. The average Bonchev–Trinajstić information content (AvgIpc) is 2.99. The van der Waals surface area contributed by atoms with Crippen molar-refractivity contribution in [3.8, 4) is 5.75 Å². The minimum absolute atomic E-state index is 0.0433. The summed E-state index contributed by atoms with van der Waals surface area (Å²) in [6, 6.07) is 17.9. The molecule has 10 heteroatoms. The van der Waals surface area contributed by atoms with Crippen molar-refractivity contribution in [3.05, 3.63) is 88.4 Å². The molecule has 0 radical (unpaired) electrons. The molecule has 230 valence electrons. The molecule has 1 N–H and O–H groups in total. The molecule has 4 rings (SSSR count). The van der Waals surface area contributed by atoms with Crippen LogP contribution in [0.2, 0.25) is 5.02 Å². The van der Waals surface area contributed by atoms with Crippen molar-refractivity contribution in [1.29, 1.82) is 0 Å². The number of nitrogens with one attached hydrogen (secondary N) is 1. The minimum atomic E-state index is -4.21. The van der Waals surface area contributed by atoms with Gasteiger partial charge in [-0.15, -0.1) is 0 Å². The number of hydrogen-bond donors (Lipinski definition) is 1. The fraction of sp³-hybridized carbons (Fsp3) is 0.394. The Morgan fingerprint density at radius 3 is 2.21 bits per heavy atom. The number of anilines is 1. The quantitative estimate of drug-likeness (QED) is 0.281. The fourth-order valence-corrected chi connectivity index (χ4v) is 6.83. The highest BCUT2D eigenvalue weighted by atomic mass is 35.5. The monoisotopic (exact) mass is 625 g/mol. The highest BCUT2D eigenvalue weighted by Gasteiger charge is 2.34. The number of halogens is 1. The number of benzene rings is 3. The molecule has 8 nitrogen and oxygen atoms in total. The van der Waals surface area contributed by atoms with Gasteiger partial charge in [0.25, 0.3) is 10.0 Å². The first kappa shape index (κ1) is 32.4. The number of hydrogen-bond acceptors (Lipinski definition) is 5. The molecule has 2 amide bonds. The van der Waals surface area contributed by atoms with Gasteiger partial charge in [0.15, 0.2) is 0 Å². The molecule has 0 spiro atoms. The number of methoxy groups -OCH3 is 1. The van der Waals surface area contributed by atoms with Crippen LogP contribution in [0.3, 0.4) is 0 Å². The molecule has 0 heterocycles. The summed E-state index contributed by atoms with van der Waals surface area (Å²) in [5.74, 6) is -0.489.